The highest BCUT2D eigenvalue weighted by Gasteiger charge is 2.77. The van der Waals surface area contributed by atoms with Gasteiger partial charge in [0.1, 0.15) is 11.1 Å². The third kappa shape index (κ3) is 1.31. The minimum absolute atomic E-state index is 0.111. The molecule has 112 valence electrons. The van der Waals surface area contributed by atoms with Crippen LogP contribution in [0.15, 0.2) is 5.16 Å². The molecule has 2 saturated carbocycles. The number of fused-ring (bicyclic) bond motifs is 2. The molecular formula is C15H24N2O3. The zero-order chi connectivity index (χ0) is 15.3. The molecule has 0 aromatic carbocycles. The summed E-state index contributed by atoms with van der Waals surface area (Å²) in [6.45, 7) is 10.9. The predicted octanol–water partition coefficient (Wildman–Crippen LogP) is 2.08. The van der Waals surface area contributed by atoms with E-state index < -0.39 is 16.2 Å². The van der Waals surface area contributed by atoms with Gasteiger partial charge in [-0.15, -0.1) is 0 Å². The summed E-state index contributed by atoms with van der Waals surface area (Å²) in [4.78, 5) is 27.5. The molecule has 5 heteroatoms. The van der Waals surface area contributed by atoms with E-state index in [2.05, 4.69) is 5.16 Å². The number of Topliss-reactive ketones (excluding diaryl/α,β-unsaturated/α-hetero) is 1. The summed E-state index contributed by atoms with van der Waals surface area (Å²) in [6, 6.07) is 0. The standard InChI is InChI=1S/C15H24N2O3/c1-6-17(7-2)12(19)15-9-8-14(5,13(15,3)4)10(16-20)11(15)18/h20H,6-9H2,1-5H3/b16-10+. The third-order valence-corrected chi connectivity index (χ3v) is 6.09. The number of hydrogen-bond acceptors (Lipinski definition) is 4. The number of ketones is 1. The SMILES string of the molecule is CCN(CC)C(=O)C12CCC(C)(/C(=N/O)C1=O)C2(C)C. The second-order valence-corrected chi connectivity index (χ2v) is 6.62. The minimum Gasteiger partial charge on any atom is -0.411 e. The van der Waals surface area contributed by atoms with Crippen molar-refractivity contribution in [3.05, 3.63) is 0 Å². The molecule has 0 aromatic heterocycles. The van der Waals surface area contributed by atoms with Crippen LogP contribution in [0.1, 0.15) is 47.5 Å². The van der Waals surface area contributed by atoms with Gasteiger partial charge in [-0.25, -0.2) is 0 Å². The minimum atomic E-state index is -1.06. The Morgan fingerprint density at radius 3 is 2.20 bits per heavy atom. The zero-order valence-electron chi connectivity index (χ0n) is 13.0. The molecule has 20 heavy (non-hydrogen) atoms. The van der Waals surface area contributed by atoms with Crippen molar-refractivity contribution in [1.82, 2.24) is 4.90 Å². The van der Waals surface area contributed by atoms with Crippen LogP contribution < -0.4 is 0 Å². The summed E-state index contributed by atoms with van der Waals surface area (Å²) in [6.07, 6.45) is 1.25. The first kappa shape index (κ1) is 15.0. The Bertz CT molecular complexity index is 493. The van der Waals surface area contributed by atoms with E-state index in [1.54, 1.807) is 4.90 Å². The quantitative estimate of drug-likeness (QED) is 0.489. The summed E-state index contributed by atoms with van der Waals surface area (Å²) >= 11 is 0. The molecule has 0 spiro atoms. The number of amides is 1. The van der Waals surface area contributed by atoms with Gasteiger partial charge in [0.2, 0.25) is 5.91 Å². The highest BCUT2D eigenvalue weighted by molar-refractivity contribution is 6.50. The first-order valence-corrected chi connectivity index (χ1v) is 7.31. The van der Waals surface area contributed by atoms with Crippen LogP contribution in [0.5, 0.6) is 0 Å². The number of carbonyl (C=O) groups excluding carboxylic acids is 2. The summed E-state index contributed by atoms with van der Waals surface area (Å²) in [5.41, 5.74) is -1.94. The fourth-order valence-corrected chi connectivity index (χ4v) is 4.21. The largest absolute Gasteiger partial charge is 0.411 e. The van der Waals surface area contributed by atoms with E-state index in [0.29, 0.717) is 25.9 Å². The average Bonchev–Trinajstić information content (AvgIpc) is 2.67. The first-order chi connectivity index (χ1) is 9.24. The molecule has 2 bridgehead atoms. The molecule has 2 rings (SSSR count). The molecule has 0 heterocycles. The Morgan fingerprint density at radius 2 is 1.80 bits per heavy atom. The van der Waals surface area contributed by atoms with Gasteiger partial charge < -0.3 is 10.1 Å². The maximum Gasteiger partial charge on any atom is 0.237 e. The lowest BCUT2D eigenvalue weighted by Crippen LogP contribution is -2.52. The molecule has 0 aromatic rings. The van der Waals surface area contributed by atoms with Gasteiger partial charge in [-0.05, 0) is 32.1 Å². The number of nitrogens with zero attached hydrogens (tertiary/aromatic N) is 2. The molecule has 0 saturated heterocycles. The second-order valence-electron chi connectivity index (χ2n) is 6.62. The topological polar surface area (TPSA) is 70.0 Å². The molecule has 2 aliphatic carbocycles. The van der Waals surface area contributed by atoms with Crippen LogP contribution in [0, 0.1) is 16.2 Å². The molecule has 5 nitrogen and oxygen atoms in total. The molecule has 2 unspecified atom stereocenters. The Hall–Kier alpha value is -1.39. The maximum absolute atomic E-state index is 13.0. The molecule has 2 fully saturated rings. The summed E-state index contributed by atoms with van der Waals surface area (Å²) in [5.74, 6) is -0.393. The van der Waals surface area contributed by atoms with Crippen molar-refractivity contribution in [3.8, 4) is 0 Å². The number of hydrogen-bond donors (Lipinski definition) is 1. The van der Waals surface area contributed by atoms with E-state index >= 15 is 0 Å². The fraction of sp³-hybridized carbons (Fsp3) is 0.800. The number of rotatable bonds is 3. The van der Waals surface area contributed by atoms with Crippen LogP contribution in [0.3, 0.4) is 0 Å². The van der Waals surface area contributed by atoms with Gasteiger partial charge >= 0.3 is 0 Å². The molecular weight excluding hydrogens is 256 g/mol. The number of oxime groups is 1. The smallest absolute Gasteiger partial charge is 0.237 e. The van der Waals surface area contributed by atoms with Crippen molar-refractivity contribution >= 4 is 17.4 Å². The lowest BCUT2D eigenvalue weighted by molar-refractivity contribution is -0.152. The Morgan fingerprint density at radius 1 is 1.25 bits per heavy atom. The van der Waals surface area contributed by atoms with Gasteiger partial charge in [0.05, 0.1) is 0 Å². The van der Waals surface area contributed by atoms with Crippen LogP contribution in [0.4, 0.5) is 0 Å². The van der Waals surface area contributed by atoms with Gasteiger partial charge in [-0.3, -0.25) is 9.59 Å². The van der Waals surface area contributed by atoms with Crippen LogP contribution in [-0.2, 0) is 9.59 Å². The summed E-state index contributed by atoms with van der Waals surface area (Å²) in [7, 11) is 0. The van der Waals surface area contributed by atoms with Crippen molar-refractivity contribution < 1.29 is 14.8 Å². The lowest BCUT2D eigenvalue weighted by atomic mass is 9.64. The Balaban J connectivity index is 2.61. The van der Waals surface area contributed by atoms with E-state index in [1.165, 1.54) is 0 Å². The fourth-order valence-electron chi connectivity index (χ4n) is 4.21. The molecule has 0 aliphatic heterocycles. The van der Waals surface area contributed by atoms with Crippen LogP contribution in [0.2, 0.25) is 0 Å². The average molecular weight is 280 g/mol. The van der Waals surface area contributed by atoms with Gasteiger partial charge in [0.25, 0.3) is 0 Å². The predicted molar refractivity (Wildman–Crippen MR) is 75.7 cm³/mol. The third-order valence-electron chi connectivity index (χ3n) is 6.09. The van der Waals surface area contributed by atoms with Crippen molar-refractivity contribution in [2.75, 3.05) is 13.1 Å². The second kappa shape index (κ2) is 4.30. The van der Waals surface area contributed by atoms with E-state index in [4.69, 9.17) is 0 Å². The molecule has 1 N–H and O–H groups in total. The monoisotopic (exact) mass is 280 g/mol. The van der Waals surface area contributed by atoms with Crippen LogP contribution >= 0.6 is 0 Å². The van der Waals surface area contributed by atoms with Gasteiger partial charge in [-0.2, -0.15) is 0 Å². The summed E-state index contributed by atoms with van der Waals surface area (Å²) in [5, 5.41) is 12.5. The van der Waals surface area contributed by atoms with Gasteiger partial charge in [0.15, 0.2) is 5.78 Å². The Labute approximate surface area is 120 Å². The first-order valence-electron chi connectivity index (χ1n) is 7.31. The zero-order valence-corrected chi connectivity index (χ0v) is 13.0. The molecule has 0 radical (unpaired) electrons. The Kier molecular flexibility index (Phi) is 3.23. The van der Waals surface area contributed by atoms with Gasteiger partial charge in [-0.1, -0.05) is 25.9 Å². The summed E-state index contributed by atoms with van der Waals surface area (Å²) < 4.78 is 0. The highest BCUT2D eigenvalue weighted by Crippen LogP contribution is 2.69. The van der Waals surface area contributed by atoms with Crippen molar-refractivity contribution in [1.29, 1.82) is 0 Å². The van der Waals surface area contributed by atoms with E-state index in [9.17, 15) is 14.8 Å². The molecule has 2 atom stereocenters. The normalized spacial score (nSPS) is 36.6. The number of carbonyl (C=O) groups is 2. The molecule has 1 amide bonds. The van der Waals surface area contributed by atoms with Crippen molar-refractivity contribution in [2.24, 2.45) is 21.4 Å². The van der Waals surface area contributed by atoms with Crippen LogP contribution in [-0.4, -0.2) is 40.6 Å². The molecule has 2 aliphatic rings. The van der Waals surface area contributed by atoms with Gasteiger partial charge in [0, 0.05) is 18.5 Å². The van der Waals surface area contributed by atoms with Crippen molar-refractivity contribution in [2.45, 2.75) is 47.5 Å². The van der Waals surface area contributed by atoms with E-state index in [-0.39, 0.29) is 17.4 Å². The van der Waals surface area contributed by atoms with Crippen molar-refractivity contribution in [3.63, 3.8) is 0 Å². The van der Waals surface area contributed by atoms with E-state index in [0.717, 1.165) is 0 Å². The highest BCUT2D eigenvalue weighted by atomic mass is 16.4. The van der Waals surface area contributed by atoms with Crippen LogP contribution in [0.25, 0.3) is 0 Å². The maximum atomic E-state index is 13.0. The van der Waals surface area contributed by atoms with E-state index in [1.807, 2.05) is 34.6 Å². The lowest BCUT2D eigenvalue weighted by Gasteiger charge is -2.40.